The number of pyridine rings is 1. The number of aromatic nitrogens is 1. The van der Waals surface area contributed by atoms with E-state index in [4.69, 9.17) is 0 Å². The Morgan fingerprint density at radius 1 is 1.25 bits per heavy atom. The number of nitrogens with zero attached hydrogens (tertiary/aromatic N) is 2. The second-order valence-electron chi connectivity index (χ2n) is 6.17. The van der Waals surface area contributed by atoms with Crippen LogP contribution in [0.4, 0.5) is 23.4 Å². The highest BCUT2D eigenvalue weighted by atomic mass is 32.2. The second kappa shape index (κ2) is 6.14. The van der Waals surface area contributed by atoms with Crippen LogP contribution < -0.4 is 9.62 Å². The van der Waals surface area contributed by atoms with Gasteiger partial charge < -0.3 is 4.90 Å². The molecule has 0 aromatic carbocycles. The zero-order chi connectivity index (χ0) is 17.5. The molecule has 1 saturated heterocycles. The van der Waals surface area contributed by atoms with Crippen molar-refractivity contribution in [2.45, 2.75) is 43.2 Å². The molecular formula is C14H17F4N3O2S. The summed E-state index contributed by atoms with van der Waals surface area (Å²) in [5, 5.41) is -0.353. The lowest BCUT2D eigenvalue weighted by Gasteiger charge is -2.34. The minimum atomic E-state index is -4.66. The highest BCUT2D eigenvalue weighted by Crippen LogP contribution is 2.32. The van der Waals surface area contributed by atoms with Gasteiger partial charge in [0.25, 0.3) is 0 Å². The first kappa shape index (κ1) is 17.4. The first-order chi connectivity index (χ1) is 11.2. The molecule has 1 saturated carbocycles. The van der Waals surface area contributed by atoms with Crippen molar-refractivity contribution in [1.29, 1.82) is 0 Å². The predicted molar refractivity (Wildman–Crippen MR) is 79.5 cm³/mol. The molecule has 0 radical (unpaired) electrons. The van der Waals surface area contributed by atoms with Crippen molar-refractivity contribution in [3.05, 3.63) is 23.6 Å². The summed E-state index contributed by atoms with van der Waals surface area (Å²) in [5.41, 5.74) is -1.15. The summed E-state index contributed by atoms with van der Waals surface area (Å²) >= 11 is 0. The molecule has 1 aliphatic heterocycles. The number of piperidine rings is 1. The molecule has 2 heterocycles. The Kier molecular flexibility index (Phi) is 4.45. The molecular weight excluding hydrogens is 350 g/mol. The Morgan fingerprint density at radius 2 is 1.96 bits per heavy atom. The summed E-state index contributed by atoms with van der Waals surface area (Å²) in [4.78, 5) is 5.09. The third-order valence-corrected chi connectivity index (χ3v) is 6.18. The van der Waals surface area contributed by atoms with E-state index in [0.717, 1.165) is 0 Å². The first-order valence-corrected chi connectivity index (χ1v) is 9.20. The lowest BCUT2D eigenvalue weighted by molar-refractivity contribution is -0.138. The van der Waals surface area contributed by atoms with Crippen LogP contribution in [0, 0.1) is 5.82 Å². The molecule has 134 valence electrons. The van der Waals surface area contributed by atoms with Crippen LogP contribution in [0.1, 0.15) is 31.2 Å². The number of hydrogen-bond donors (Lipinski definition) is 1. The van der Waals surface area contributed by atoms with E-state index in [-0.39, 0.29) is 17.6 Å². The summed E-state index contributed by atoms with van der Waals surface area (Å²) in [6.07, 6.45) is -1.58. The molecule has 0 spiro atoms. The molecule has 1 aromatic heterocycles. The normalized spacial score (nSPS) is 22.7. The number of nitrogens with one attached hydrogen (secondary N) is 1. The maximum atomic E-state index is 14.0. The number of anilines is 1. The summed E-state index contributed by atoms with van der Waals surface area (Å²) in [7, 11) is -3.37. The van der Waals surface area contributed by atoms with Crippen molar-refractivity contribution in [2.24, 2.45) is 0 Å². The SMILES string of the molecule is O=S(=O)(NC1CCCN(c2ncc(C(F)(F)F)cc2F)C1)C1CC1. The Bertz CT molecular complexity index is 719. The molecule has 1 atom stereocenters. The third kappa shape index (κ3) is 3.80. The molecule has 3 rings (SSSR count). The average Bonchev–Trinajstić information content (AvgIpc) is 3.31. The van der Waals surface area contributed by atoms with Gasteiger partial charge >= 0.3 is 6.18 Å². The van der Waals surface area contributed by atoms with Crippen LogP contribution >= 0.6 is 0 Å². The van der Waals surface area contributed by atoms with E-state index in [2.05, 4.69) is 9.71 Å². The molecule has 1 unspecified atom stereocenters. The fourth-order valence-electron chi connectivity index (χ4n) is 2.79. The van der Waals surface area contributed by atoms with Crippen LogP contribution in [-0.4, -0.2) is 37.8 Å². The molecule has 0 bridgehead atoms. The van der Waals surface area contributed by atoms with Gasteiger partial charge in [-0.05, 0) is 31.7 Å². The van der Waals surface area contributed by atoms with Gasteiger partial charge in [0.05, 0.1) is 10.8 Å². The van der Waals surface area contributed by atoms with Crippen molar-refractivity contribution >= 4 is 15.8 Å². The molecule has 10 heteroatoms. The topological polar surface area (TPSA) is 62.3 Å². The van der Waals surface area contributed by atoms with Gasteiger partial charge in [0.1, 0.15) is 0 Å². The van der Waals surface area contributed by atoms with Crippen LogP contribution in [0.5, 0.6) is 0 Å². The maximum Gasteiger partial charge on any atom is 0.417 e. The van der Waals surface area contributed by atoms with Crippen LogP contribution in [0.3, 0.4) is 0 Å². The monoisotopic (exact) mass is 367 g/mol. The highest BCUT2D eigenvalue weighted by Gasteiger charge is 2.38. The standard InChI is InChI=1S/C14H17F4N3O2S/c15-12-6-9(14(16,17)18)7-19-13(12)21-5-1-2-10(8-21)20-24(22,23)11-3-4-11/h6-7,10-11,20H,1-5,8H2. The fourth-order valence-corrected chi connectivity index (χ4v) is 4.40. The van der Waals surface area contributed by atoms with E-state index in [1.165, 1.54) is 4.90 Å². The van der Waals surface area contributed by atoms with Crippen LogP contribution in [-0.2, 0) is 16.2 Å². The zero-order valence-corrected chi connectivity index (χ0v) is 13.5. The maximum absolute atomic E-state index is 14.0. The largest absolute Gasteiger partial charge is 0.417 e. The van der Waals surface area contributed by atoms with Gasteiger partial charge in [-0.1, -0.05) is 0 Å². The summed E-state index contributed by atoms with van der Waals surface area (Å²) in [6.45, 7) is 0.595. The van der Waals surface area contributed by atoms with Gasteiger partial charge in [0, 0.05) is 25.3 Å². The summed E-state index contributed by atoms with van der Waals surface area (Å²) in [5.74, 6) is -1.24. The number of rotatable bonds is 4. The van der Waals surface area contributed by atoms with Crippen LogP contribution in [0.15, 0.2) is 12.3 Å². The molecule has 5 nitrogen and oxygen atoms in total. The van der Waals surface area contributed by atoms with Crippen molar-refractivity contribution in [2.75, 3.05) is 18.0 Å². The lowest BCUT2D eigenvalue weighted by Crippen LogP contribution is -2.49. The van der Waals surface area contributed by atoms with Crippen molar-refractivity contribution in [3.8, 4) is 0 Å². The molecule has 2 aliphatic rings. The molecule has 2 fully saturated rings. The van der Waals surface area contributed by atoms with E-state index in [0.29, 0.717) is 44.5 Å². The predicted octanol–water partition coefficient (Wildman–Crippen LogP) is 2.29. The summed E-state index contributed by atoms with van der Waals surface area (Å²) < 4.78 is 78.3. The van der Waals surface area contributed by atoms with Gasteiger partial charge in [0.2, 0.25) is 10.0 Å². The number of halogens is 4. The minimum absolute atomic E-state index is 0.182. The smallest absolute Gasteiger partial charge is 0.353 e. The van der Waals surface area contributed by atoms with Gasteiger partial charge in [-0.3, -0.25) is 0 Å². The molecule has 1 N–H and O–H groups in total. The molecule has 0 amide bonds. The second-order valence-corrected chi connectivity index (χ2v) is 8.17. The average molecular weight is 367 g/mol. The zero-order valence-electron chi connectivity index (χ0n) is 12.7. The molecule has 1 aromatic rings. The van der Waals surface area contributed by atoms with Crippen molar-refractivity contribution in [1.82, 2.24) is 9.71 Å². The van der Waals surface area contributed by atoms with Gasteiger partial charge in [-0.15, -0.1) is 0 Å². The summed E-state index contributed by atoms with van der Waals surface area (Å²) in [6, 6.07) is 0.0215. The van der Waals surface area contributed by atoms with Crippen molar-refractivity contribution < 1.29 is 26.0 Å². The van der Waals surface area contributed by atoms with Crippen molar-refractivity contribution in [3.63, 3.8) is 0 Å². The third-order valence-electron chi connectivity index (χ3n) is 4.16. The Hall–Kier alpha value is -1.42. The Morgan fingerprint density at radius 3 is 2.54 bits per heavy atom. The van der Waals surface area contributed by atoms with E-state index in [1.807, 2.05) is 0 Å². The van der Waals surface area contributed by atoms with Gasteiger partial charge in [0.15, 0.2) is 11.6 Å². The van der Waals surface area contributed by atoms with E-state index >= 15 is 0 Å². The van der Waals surface area contributed by atoms with Crippen LogP contribution in [0.2, 0.25) is 0 Å². The quantitative estimate of drug-likeness (QED) is 0.830. The van der Waals surface area contributed by atoms with E-state index < -0.39 is 33.6 Å². The lowest BCUT2D eigenvalue weighted by atomic mass is 10.1. The van der Waals surface area contributed by atoms with E-state index in [9.17, 15) is 26.0 Å². The minimum Gasteiger partial charge on any atom is -0.353 e. The first-order valence-electron chi connectivity index (χ1n) is 7.65. The number of alkyl halides is 3. The molecule has 24 heavy (non-hydrogen) atoms. The van der Waals surface area contributed by atoms with E-state index in [1.54, 1.807) is 0 Å². The highest BCUT2D eigenvalue weighted by molar-refractivity contribution is 7.90. The van der Waals surface area contributed by atoms with Crippen LogP contribution in [0.25, 0.3) is 0 Å². The Labute approximate surface area is 137 Å². The molecule has 1 aliphatic carbocycles. The Balaban J connectivity index is 1.72. The van der Waals surface area contributed by atoms with Gasteiger partial charge in [-0.25, -0.2) is 22.5 Å². The number of hydrogen-bond acceptors (Lipinski definition) is 4. The number of sulfonamides is 1. The van der Waals surface area contributed by atoms with Gasteiger partial charge in [-0.2, -0.15) is 13.2 Å². The fraction of sp³-hybridized carbons (Fsp3) is 0.643.